The molecule has 7 nitrogen and oxygen atoms in total. The molecule has 2 aromatic heterocycles. The van der Waals surface area contributed by atoms with Crippen molar-refractivity contribution in [2.45, 2.75) is 45.1 Å². The van der Waals surface area contributed by atoms with Crippen molar-refractivity contribution in [1.82, 2.24) is 24.9 Å². The zero-order chi connectivity index (χ0) is 18.3. The number of thiazole rings is 1. The van der Waals surface area contributed by atoms with Gasteiger partial charge in [-0.3, -0.25) is 9.69 Å². The molecule has 4 rings (SSSR count). The molecular formula is C18H25N5O2S. The lowest BCUT2D eigenvalue weighted by molar-refractivity contribution is 0.0588. The van der Waals surface area contributed by atoms with Gasteiger partial charge in [0.2, 0.25) is 5.89 Å². The van der Waals surface area contributed by atoms with E-state index in [9.17, 15) is 4.79 Å². The molecule has 140 valence electrons. The first-order chi connectivity index (χ1) is 12.5. The third-order valence-electron chi connectivity index (χ3n) is 5.76. The summed E-state index contributed by atoms with van der Waals surface area (Å²) >= 11 is 1.46. The van der Waals surface area contributed by atoms with Crippen molar-refractivity contribution >= 4 is 17.2 Å². The second-order valence-electron chi connectivity index (χ2n) is 7.95. The fourth-order valence-corrected chi connectivity index (χ4v) is 4.73. The minimum atomic E-state index is 0.0590. The number of hydrogen-bond acceptors (Lipinski definition) is 7. The highest BCUT2D eigenvalue weighted by Gasteiger charge is 2.46. The largest absolute Gasteiger partial charge is 0.339 e. The van der Waals surface area contributed by atoms with Crippen molar-refractivity contribution in [3.05, 3.63) is 28.3 Å². The molecule has 0 radical (unpaired) electrons. The average molecular weight is 375 g/mol. The Morgan fingerprint density at radius 1 is 1.38 bits per heavy atom. The van der Waals surface area contributed by atoms with E-state index in [0.29, 0.717) is 11.6 Å². The molecule has 2 aliphatic rings. The van der Waals surface area contributed by atoms with Gasteiger partial charge in [0.1, 0.15) is 5.69 Å². The number of carbonyl (C=O) groups is 1. The highest BCUT2D eigenvalue weighted by atomic mass is 32.1. The molecule has 1 amide bonds. The normalized spacial score (nSPS) is 23.2. The Bertz CT molecular complexity index is 764. The third-order valence-corrected chi connectivity index (χ3v) is 6.34. The number of carbonyl (C=O) groups excluding carboxylic acids is 1. The van der Waals surface area contributed by atoms with E-state index in [1.165, 1.54) is 11.3 Å². The van der Waals surface area contributed by atoms with Crippen LogP contribution in [0.5, 0.6) is 0 Å². The number of nitrogens with zero attached hydrogens (tertiary/aromatic N) is 5. The first kappa shape index (κ1) is 17.6. The highest BCUT2D eigenvalue weighted by Crippen LogP contribution is 2.47. The molecule has 0 bridgehead atoms. The molecule has 4 heterocycles. The number of likely N-dealkylation sites (tertiary alicyclic amines) is 2. The van der Waals surface area contributed by atoms with E-state index in [0.717, 1.165) is 44.7 Å². The van der Waals surface area contributed by atoms with Crippen LogP contribution in [0.3, 0.4) is 0 Å². The topological polar surface area (TPSA) is 75.4 Å². The lowest BCUT2D eigenvalue weighted by atomic mass is 9.76. The molecule has 0 saturated carbocycles. The van der Waals surface area contributed by atoms with Gasteiger partial charge in [-0.15, -0.1) is 11.3 Å². The predicted molar refractivity (Wildman–Crippen MR) is 98.1 cm³/mol. The molecule has 2 saturated heterocycles. The van der Waals surface area contributed by atoms with E-state index >= 15 is 0 Å². The second kappa shape index (κ2) is 6.74. The van der Waals surface area contributed by atoms with Gasteiger partial charge in [0.15, 0.2) is 5.82 Å². The molecule has 8 heteroatoms. The van der Waals surface area contributed by atoms with Gasteiger partial charge in [-0.25, -0.2) is 4.98 Å². The van der Waals surface area contributed by atoms with Crippen LogP contribution in [0.2, 0.25) is 0 Å². The van der Waals surface area contributed by atoms with E-state index in [-0.39, 0.29) is 23.3 Å². The molecule has 0 N–H and O–H groups in total. The highest BCUT2D eigenvalue weighted by molar-refractivity contribution is 7.07. The minimum Gasteiger partial charge on any atom is -0.339 e. The number of rotatable bonds is 3. The molecule has 0 aliphatic carbocycles. The first-order valence-electron chi connectivity index (χ1n) is 9.19. The Morgan fingerprint density at radius 2 is 2.15 bits per heavy atom. The predicted octanol–water partition coefficient (Wildman–Crippen LogP) is 2.95. The third kappa shape index (κ3) is 3.16. The fourth-order valence-electron chi connectivity index (χ4n) is 4.20. The second-order valence-corrected chi connectivity index (χ2v) is 8.67. The van der Waals surface area contributed by atoms with Crippen LogP contribution in [0.1, 0.15) is 67.3 Å². The summed E-state index contributed by atoms with van der Waals surface area (Å²) in [6.07, 6.45) is 3.05. The van der Waals surface area contributed by atoms with Crippen molar-refractivity contribution in [3.63, 3.8) is 0 Å². The van der Waals surface area contributed by atoms with Crippen LogP contribution in [0.25, 0.3) is 0 Å². The van der Waals surface area contributed by atoms with Crippen molar-refractivity contribution < 1.29 is 9.32 Å². The van der Waals surface area contributed by atoms with Crippen LogP contribution in [-0.4, -0.2) is 57.5 Å². The van der Waals surface area contributed by atoms with E-state index in [4.69, 9.17) is 4.52 Å². The van der Waals surface area contributed by atoms with Gasteiger partial charge < -0.3 is 9.42 Å². The van der Waals surface area contributed by atoms with Crippen molar-refractivity contribution in [2.24, 2.45) is 5.41 Å². The number of hydrogen-bond donors (Lipinski definition) is 0. The zero-order valence-electron chi connectivity index (χ0n) is 15.5. The molecule has 2 aromatic rings. The van der Waals surface area contributed by atoms with Gasteiger partial charge in [-0.05, 0) is 31.7 Å². The summed E-state index contributed by atoms with van der Waals surface area (Å²) in [4.78, 5) is 25.6. The summed E-state index contributed by atoms with van der Waals surface area (Å²) in [6, 6.07) is 0.201. The molecule has 2 aliphatic heterocycles. The van der Waals surface area contributed by atoms with E-state index in [1.54, 1.807) is 5.51 Å². The fraction of sp³-hybridized carbons (Fsp3) is 0.667. The Kier molecular flexibility index (Phi) is 4.56. The monoisotopic (exact) mass is 375 g/mol. The van der Waals surface area contributed by atoms with Gasteiger partial charge >= 0.3 is 0 Å². The van der Waals surface area contributed by atoms with Gasteiger partial charge in [-0.1, -0.05) is 19.0 Å². The Hall–Kier alpha value is -1.80. The van der Waals surface area contributed by atoms with Gasteiger partial charge in [0.05, 0.1) is 11.6 Å². The molecule has 0 aromatic carbocycles. The first-order valence-corrected chi connectivity index (χ1v) is 10.1. The van der Waals surface area contributed by atoms with Crippen LogP contribution in [0.4, 0.5) is 0 Å². The molecule has 26 heavy (non-hydrogen) atoms. The van der Waals surface area contributed by atoms with Gasteiger partial charge in [0, 0.05) is 30.9 Å². The summed E-state index contributed by atoms with van der Waals surface area (Å²) in [7, 11) is 2.14. The smallest absolute Gasteiger partial charge is 0.273 e. The number of piperidine rings is 1. The lowest BCUT2D eigenvalue weighted by Crippen LogP contribution is -2.44. The standard InChI is InChI=1S/C18H25N5O2S/c1-12(2)16-20-15(21-25-16)14-8-18(10-22(14)3)4-6-23(7-5-18)17(24)13-9-26-11-19-13/h9,11-12,14H,4-8,10H2,1-3H3. The molecule has 2 fully saturated rings. The Morgan fingerprint density at radius 3 is 2.77 bits per heavy atom. The molecule has 1 unspecified atom stereocenters. The van der Waals surface area contributed by atoms with Crippen molar-refractivity contribution in [2.75, 3.05) is 26.7 Å². The molecule has 1 atom stereocenters. The Labute approximate surface area is 157 Å². The maximum Gasteiger partial charge on any atom is 0.273 e. The molecule has 1 spiro atoms. The zero-order valence-corrected chi connectivity index (χ0v) is 16.3. The van der Waals surface area contributed by atoms with E-state index < -0.39 is 0 Å². The van der Waals surface area contributed by atoms with Gasteiger partial charge in [-0.2, -0.15) is 4.98 Å². The number of aromatic nitrogens is 3. The SMILES string of the molecule is CC(C)c1nc(C2CC3(CCN(C(=O)c4cscn4)CC3)CN2C)no1. The average Bonchev–Trinajstić information content (AvgIpc) is 3.35. The summed E-state index contributed by atoms with van der Waals surface area (Å²) in [5.74, 6) is 1.81. The van der Waals surface area contributed by atoms with Crippen LogP contribution in [0.15, 0.2) is 15.4 Å². The maximum absolute atomic E-state index is 12.5. The lowest BCUT2D eigenvalue weighted by Gasteiger charge is -2.39. The summed E-state index contributed by atoms with van der Waals surface area (Å²) in [5.41, 5.74) is 2.52. The van der Waals surface area contributed by atoms with E-state index in [1.807, 2.05) is 10.3 Å². The quantitative estimate of drug-likeness (QED) is 0.821. The maximum atomic E-state index is 12.5. The van der Waals surface area contributed by atoms with Crippen LogP contribution in [-0.2, 0) is 0 Å². The number of amides is 1. The van der Waals surface area contributed by atoms with Crippen LogP contribution in [0, 0.1) is 5.41 Å². The van der Waals surface area contributed by atoms with Gasteiger partial charge in [0.25, 0.3) is 5.91 Å². The van der Waals surface area contributed by atoms with Crippen LogP contribution < -0.4 is 0 Å². The van der Waals surface area contributed by atoms with E-state index in [2.05, 4.69) is 40.9 Å². The summed E-state index contributed by atoms with van der Waals surface area (Å²) < 4.78 is 5.41. The van der Waals surface area contributed by atoms with Crippen molar-refractivity contribution in [3.8, 4) is 0 Å². The molecular weight excluding hydrogens is 350 g/mol. The Balaban J connectivity index is 1.42. The summed E-state index contributed by atoms with van der Waals surface area (Å²) in [5, 5.41) is 6.05. The van der Waals surface area contributed by atoms with Crippen molar-refractivity contribution in [1.29, 1.82) is 0 Å². The van der Waals surface area contributed by atoms with Crippen LogP contribution >= 0.6 is 11.3 Å². The minimum absolute atomic E-state index is 0.0590. The summed E-state index contributed by atoms with van der Waals surface area (Å²) in [6.45, 7) is 6.72.